The van der Waals surface area contributed by atoms with E-state index in [2.05, 4.69) is 26.5 Å². The van der Waals surface area contributed by atoms with Crippen LogP contribution in [-0.2, 0) is 0 Å². The molecule has 3 heteroatoms. The molecule has 1 saturated heterocycles. The van der Waals surface area contributed by atoms with Crippen molar-refractivity contribution >= 4 is 0 Å². The van der Waals surface area contributed by atoms with E-state index in [-0.39, 0.29) is 6.10 Å². The molecule has 0 saturated carbocycles. The molecule has 1 unspecified atom stereocenters. The van der Waals surface area contributed by atoms with Gasteiger partial charge < -0.3 is 14.9 Å². The van der Waals surface area contributed by atoms with Gasteiger partial charge in [-0.3, -0.25) is 0 Å². The van der Waals surface area contributed by atoms with Crippen molar-refractivity contribution < 1.29 is 14.9 Å². The first kappa shape index (κ1) is 11.9. The maximum Gasteiger partial charge on any atom is 0.125 e. The van der Waals surface area contributed by atoms with Gasteiger partial charge in [0.1, 0.15) is 25.7 Å². The number of hydrogen-bond acceptors (Lipinski definition) is 1. The largest absolute Gasteiger partial charge is 0.387 e. The minimum Gasteiger partial charge on any atom is -0.387 e. The van der Waals surface area contributed by atoms with Gasteiger partial charge in [-0.05, 0) is 6.42 Å². The van der Waals surface area contributed by atoms with Crippen molar-refractivity contribution in [3.05, 3.63) is 0 Å². The molecule has 0 aliphatic carbocycles. The first-order valence-corrected chi connectivity index (χ1v) is 4.76. The van der Waals surface area contributed by atoms with Crippen molar-refractivity contribution in [2.75, 3.05) is 40.8 Å². The number of aliphatic hydroxyl groups excluding tert-OH is 1. The fourth-order valence-electron chi connectivity index (χ4n) is 0.761. The Morgan fingerprint density at radius 2 is 1.75 bits per heavy atom. The third kappa shape index (κ3) is 12.5. The van der Waals surface area contributed by atoms with E-state index in [9.17, 15) is 5.11 Å². The summed E-state index contributed by atoms with van der Waals surface area (Å²) in [6, 6.07) is 0. The predicted molar refractivity (Wildman–Crippen MR) is 50.9 cm³/mol. The highest BCUT2D eigenvalue weighted by atomic mass is 16.3. The van der Waals surface area contributed by atoms with Crippen LogP contribution in [0.1, 0.15) is 13.3 Å². The lowest BCUT2D eigenvalue weighted by atomic mass is 10.2. The van der Waals surface area contributed by atoms with Gasteiger partial charge in [0.15, 0.2) is 0 Å². The number of aliphatic hydroxyl groups is 1. The van der Waals surface area contributed by atoms with E-state index in [1.165, 1.54) is 13.1 Å². The Morgan fingerprint density at radius 3 is 1.83 bits per heavy atom. The van der Waals surface area contributed by atoms with Crippen molar-refractivity contribution in [3.8, 4) is 0 Å². The van der Waals surface area contributed by atoms with E-state index in [1.54, 1.807) is 0 Å². The van der Waals surface area contributed by atoms with E-state index >= 15 is 0 Å². The van der Waals surface area contributed by atoms with Crippen LogP contribution in [0.25, 0.3) is 0 Å². The highest BCUT2D eigenvalue weighted by Crippen LogP contribution is 1.97. The quantitative estimate of drug-likeness (QED) is 0.421. The Morgan fingerprint density at radius 1 is 1.33 bits per heavy atom. The van der Waals surface area contributed by atoms with Crippen LogP contribution in [0.2, 0.25) is 0 Å². The summed E-state index contributed by atoms with van der Waals surface area (Å²) in [5.74, 6) is 0. The fourth-order valence-corrected chi connectivity index (χ4v) is 0.761. The second-order valence-corrected chi connectivity index (χ2v) is 4.40. The van der Waals surface area contributed by atoms with Crippen LogP contribution in [-0.4, -0.2) is 56.5 Å². The normalized spacial score (nSPS) is 17.8. The lowest BCUT2D eigenvalue weighted by Crippen LogP contribution is -2.55. The summed E-state index contributed by atoms with van der Waals surface area (Å²) in [6.07, 6.45) is 0.722. The maximum absolute atomic E-state index is 9.18. The minimum absolute atomic E-state index is 0.134. The topological polar surface area (TPSA) is 36.8 Å². The zero-order chi connectivity index (χ0) is 9.61. The lowest BCUT2D eigenvalue weighted by molar-refractivity contribution is -0.873. The molecule has 1 atom stereocenters. The van der Waals surface area contributed by atoms with Crippen molar-refractivity contribution in [2.45, 2.75) is 19.4 Å². The molecule has 0 amide bonds. The number of rotatable bonds is 3. The van der Waals surface area contributed by atoms with Crippen LogP contribution >= 0.6 is 0 Å². The van der Waals surface area contributed by atoms with Crippen molar-refractivity contribution in [1.29, 1.82) is 0 Å². The second kappa shape index (κ2) is 5.51. The van der Waals surface area contributed by atoms with E-state index < -0.39 is 0 Å². The Labute approximate surface area is 76.0 Å². The molecule has 12 heavy (non-hydrogen) atoms. The summed E-state index contributed by atoms with van der Waals surface area (Å²) >= 11 is 0. The molecule has 0 spiro atoms. The molecule has 1 fully saturated rings. The van der Waals surface area contributed by atoms with Gasteiger partial charge >= 0.3 is 0 Å². The van der Waals surface area contributed by atoms with E-state index in [4.69, 9.17) is 0 Å². The average Bonchev–Trinajstić information content (AvgIpc) is 2.67. The standard InChI is InChI=1S/C7H18NO.C2H5N/c1-5-7(9)6-8(2,3)4;1-2-3-1/h7,9H,5-6H2,1-4H3;3H,1-2H2/q+1;/p+1. The molecule has 74 valence electrons. The van der Waals surface area contributed by atoms with Crippen LogP contribution in [0.3, 0.4) is 0 Å². The van der Waals surface area contributed by atoms with Crippen molar-refractivity contribution in [2.24, 2.45) is 0 Å². The van der Waals surface area contributed by atoms with Gasteiger partial charge in [0.05, 0.1) is 21.1 Å². The Bertz CT molecular complexity index is 105. The van der Waals surface area contributed by atoms with Gasteiger partial charge in [-0.25, -0.2) is 0 Å². The average molecular weight is 176 g/mol. The molecular formula is C9H24N2O+2. The third-order valence-electron chi connectivity index (χ3n) is 1.52. The van der Waals surface area contributed by atoms with Crippen molar-refractivity contribution in [3.63, 3.8) is 0 Å². The first-order chi connectivity index (χ1) is 5.45. The SMILES string of the molecule is C1C[NH2+]1.CCC(O)C[N+](C)(C)C. The zero-order valence-corrected chi connectivity index (χ0v) is 8.88. The summed E-state index contributed by atoms with van der Waals surface area (Å²) in [5, 5.41) is 11.4. The summed E-state index contributed by atoms with van der Waals surface area (Å²) in [6.45, 7) is 5.59. The number of nitrogens with zero attached hydrogens (tertiary/aromatic N) is 1. The van der Waals surface area contributed by atoms with E-state index in [0.29, 0.717) is 0 Å². The Balaban J connectivity index is 0.000000330. The highest BCUT2D eigenvalue weighted by molar-refractivity contribution is 4.47. The first-order valence-electron chi connectivity index (χ1n) is 4.76. The summed E-state index contributed by atoms with van der Waals surface area (Å²) in [7, 11) is 6.25. The van der Waals surface area contributed by atoms with Gasteiger partial charge in [0.2, 0.25) is 0 Å². The molecule has 0 aromatic carbocycles. The van der Waals surface area contributed by atoms with Gasteiger partial charge in [-0.1, -0.05) is 6.92 Å². The van der Waals surface area contributed by atoms with Crippen LogP contribution in [0.4, 0.5) is 0 Å². The van der Waals surface area contributed by atoms with Gasteiger partial charge in [0, 0.05) is 0 Å². The van der Waals surface area contributed by atoms with Gasteiger partial charge in [0.25, 0.3) is 0 Å². The minimum atomic E-state index is -0.134. The van der Waals surface area contributed by atoms with E-state index in [0.717, 1.165) is 17.4 Å². The van der Waals surface area contributed by atoms with Crippen LogP contribution in [0, 0.1) is 0 Å². The highest BCUT2D eigenvalue weighted by Gasteiger charge is 2.12. The summed E-state index contributed by atoms with van der Waals surface area (Å²) < 4.78 is 0.842. The number of nitrogens with two attached hydrogens (primary N) is 1. The van der Waals surface area contributed by atoms with Gasteiger partial charge in [-0.15, -0.1) is 0 Å². The number of hydrogen-bond donors (Lipinski definition) is 2. The molecular weight excluding hydrogens is 152 g/mol. The molecule has 0 aromatic heterocycles. The molecule has 0 bridgehead atoms. The molecule has 0 radical (unpaired) electrons. The van der Waals surface area contributed by atoms with E-state index in [1.807, 2.05) is 6.92 Å². The zero-order valence-electron chi connectivity index (χ0n) is 8.88. The van der Waals surface area contributed by atoms with Crippen LogP contribution in [0.5, 0.6) is 0 Å². The second-order valence-electron chi connectivity index (χ2n) is 4.40. The fraction of sp³-hybridized carbons (Fsp3) is 1.00. The van der Waals surface area contributed by atoms with Crippen molar-refractivity contribution in [1.82, 2.24) is 0 Å². The molecule has 1 aliphatic rings. The molecule has 0 aromatic rings. The smallest absolute Gasteiger partial charge is 0.125 e. The van der Waals surface area contributed by atoms with Crippen LogP contribution in [0.15, 0.2) is 0 Å². The maximum atomic E-state index is 9.18. The summed E-state index contributed by atoms with van der Waals surface area (Å²) in [4.78, 5) is 0. The Hall–Kier alpha value is -0.120. The molecule has 3 nitrogen and oxygen atoms in total. The lowest BCUT2D eigenvalue weighted by Gasteiger charge is -2.26. The van der Waals surface area contributed by atoms with Gasteiger partial charge in [-0.2, -0.15) is 0 Å². The Kier molecular flexibility index (Phi) is 5.46. The summed E-state index contributed by atoms with van der Waals surface area (Å²) in [5.41, 5.74) is 0. The molecule has 1 rings (SSSR count). The molecule has 1 heterocycles. The number of likely N-dealkylation sites (N-methyl/N-ethyl adjacent to an activating group) is 1. The predicted octanol–water partition coefficient (Wildman–Crippen LogP) is -0.973. The third-order valence-corrected chi connectivity index (χ3v) is 1.52. The van der Waals surface area contributed by atoms with Crippen LogP contribution < -0.4 is 5.32 Å². The number of quaternary nitrogens is 2. The molecule has 3 N–H and O–H groups in total. The molecule has 1 aliphatic heterocycles. The monoisotopic (exact) mass is 176 g/mol.